The van der Waals surface area contributed by atoms with Gasteiger partial charge in [0.2, 0.25) is 0 Å². The van der Waals surface area contributed by atoms with Gasteiger partial charge < -0.3 is 5.11 Å². The van der Waals surface area contributed by atoms with Gasteiger partial charge in [-0.05, 0) is 13.0 Å². The summed E-state index contributed by atoms with van der Waals surface area (Å²) in [5, 5.41) is 17.9. The molecule has 0 aliphatic carbocycles. The van der Waals surface area contributed by atoms with Gasteiger partial charge in [-0.1, -0.05) is 13.0 Å². The van der Waals surface area contributed by atoms with Gasteiger partial charge in [-0.2, -0.15) is 5.10 Å². The number of aryl methyl sites for hydroxylation is 1. The van der Waals surface area contributed by atoms with Gasteiger partial charge in [-0.3, -0.25) is 0 Å². The lowest BCUT2D eigenvalue weighted by Gasteiger charge is -2.34. The predicted molar refractivity (Wildman–Crippen MR) is 97.9 cm³/mol. The number of benzene rings is 1. The van der Waals surface area contributed by atoms with Gasteiger partial charge in [0.1, 0.15) is 29.9 Å². The summed E-state index contributed by atoms with van der Waals surface area (Å²) in [7, 11) is 0. The van der Waals surface area contributed by atoms with Crippen molar-refractivity contribution >= 4 is 23.1 Å². The van der Waals surface area contributed by atoms with E-state index in [-0.39, 0.29) is 12.1 Å². The first-order chi connectivity index (χ1) is 12.4. The molecule has 0 aliphatic heterocycles. The Morgan fingerprint density at radius 1 is 1.38 bits per heavy atom. The Labute approximate surface area is 158 Å². The van der Waals surface area contributed by atoms with Crippen molar-refractivity contribution in [3.8, 4) is 0 Å². The third-order valence-electron chi connectivity index (χ3n) is 4.09. The molecule has 2 aromatic heterocycles. The molecule has 3 aromatic rings. The van der Waals surface area contributed by atoms with Crippen LogP contribution in [0.1, 0.15) is 23.2 Å². The molecule has 2 heterocycles. The molecule has 1 aromatic carbocycles. The van der Waals surface area contributed by atoms with Gasteiger partial charge in [-0.25, -0.2) is 23.4 Å². The number of aliphatic hydroxyl groups is 1. The molecule has 0 bridgehead atoms. The molecule has 26 heavy (non-hydrogen) atoms. The van der Waals surface area contributed by atoms with E-state index in [9.17, 15) is 13.9 Å². The van der Waals surface area contributed by atoms with Crippen LogP contribution in [-0.4, -0.2) is 30.1 Å². The van der Waals surface area contributed by atoms with E-state index in [1.54, 1.807) is 11.3 Å². The number of hydrogen-bond acceptors (Lipinski definition) is 6. The van der Waals surface area contributed by atoms with E-state index in [2.05, 4.69) is 15.1 Å². The van der Waals surface area contributed by atoms with Crippen molar-refractivity contribution in [2.24, 2.45) is 0 Å². The average Bonchev–Trinajstić information content (AvgIpc) is 3.24. The van der Waals surface area contributed by atoms with Crippen LogP contribution in [0.5, 0.6) is 0 Å². The molecule has 0 fully saturated rings. The normalized spacial score (nSPS) is 15.0. The lowest BCUT2D eigenvalue weighted by Crippen LogP contribution is -2.41. The molecule has 1 N–H and O–H groups in total. The van der Waals surface area contributed by atoms with E-state index in [1.807, 2.05) is 19.2 Å². The second kappa shape index (κ2) is 7.81. The molecule has 0 amide bonds. The smallest absolute Gasteiger partial charge is 0.137 e. The van der Waals surface area contributed by atoms with E-state index in [4.69, 9.17) is 0 Å². The van der Waals surface area contributed by atoms with Crippen molar-refractivity contribution in [2.75, 3.05) is 0 Å². The van der Waals surface area contributed by atoms with Crippen LogP contribution in [0.2, 0.25) is 0 Å². The number of rotatable bonds is 7. The first kappa shape index (κ1) is 18.9. The predicted octanol–water partition coefficient (Wildman–Crippen LogP) is 3.53. The Bertz CT molecular complexity index is 872. The third kappa shape index (κ3) is 4.11. The molecule has 2 atom stereocenters. The highest BCUT2D eigenvalue weighted by Gasteiger charge is 2.39. The number of halogens is 2. The minimum absolute atomic E-state index is 0.000186. The molecule has 0 aliphatic rings. The van der Waals surface area contributed by atoms with Gasteiger partial charge in [-0.15, -0.1) is 23.1 Å². The maximum absolute atomic E-state index is 14.4. The zero-order chi connectivity index (χ0) is 18.7. The van der Waals surface area contributed by atoms with Crippen LogP contribution in [0.3, 0.4) is 0 Å². The van der Waals surface area contributed by atoms with Crippen molar-refractivity contribution in [1.82, 2.24) is 19.7 Å². The molecule has 3 rings (SSSR count). The minimum Gasteiger partial charge on any atom is -0.382 e. The zero-order valence-electron chi connectivity index (χ0n) is 14.3. The fourth-order valence-electron chi connectivity index (χ4n) is 2.66. The monoisotopic (exact) mass is 396 g/mol. The second-order valence-corrected chi connectivity index (χ2v) is 8.34. The number of hydrogen-bond donors (Lipinski definition) is 1. The van der Waals surface area contributed by atoms with E-state index >= 15 is 0 Å². The fraction of sp³-hybridized carbons (Fsp3) is 0.353. The van der Waals surface area contributed by atoms with Crippen molar-refractivity contribution < 1.29 is 13.9 Å². The number of thioether (sulfide) groups is 1. The summed E-state index contributed by atoms with van der Waals surface area (Å²) in [6.07, 6.45) is 2.80. The first-order valence-electron chi connectivity index (χ1n) is 7.91. The van der Waals surface area contributed by atoms with Gasteiger partial charge in [0.15, 0.2) is 0 Å². The Kier molecular flexibility index (Phi) is 5.69. The molecule has 9 heteroatoms. The Hall–Kier alpha value is -1.84. The van der Waals surface area contributed by atoms with E-state index in [0.29, 0.717) is 5.75 Å². The topological polar surface area (TPSA) is 63.8 Å². The van der Waals surface area contributed by atoms with Gasteiger partial charge in [0.25, 0.3) is 0 Å². The minimum atomic E-state index is -1.60. The summed E-state index contributed by atoms with van der Waals surface area (Å²) in [6, 6.07) is 3.21. The molecule has 0 saturated heterocycles. The van der Waals surface area contributed by atoms with Gasteiger partial charge in [0, 0.05) is 28.0 Å². The highest BCUT2D eigenvalue weighted by molar-refractivity contribution is 7.99. The van der Waals surface area contributed by atoms with Gasteiger partial charge in [0.05, 0.1) is 17.2 Å². The lowest BCUT2D eigenvalue weighted by atomic mass is 9.90. The molecule has 0 saturated carbocycles. The molecule has 0 radical (unpaired) electrons. The Morgan fingerprint density at radius 3 is 2.81 bits per heavy atom. The maximum atomic E-state index is 14.4. The Balaban J connectivity index is 1.88. The summed E-state index contributed by atoms with van der Waals surface area (Å²) in [5.74, 6) is -0.897. The zero-order valence-corrected chi connectivity index (χ0v) is 15.9. The summed E-state index contributed by atoms with van der Waals surface area (Å²) < 4.78 is 29.2. The van der Waals surface area contributed by atoms with Crippen LogP contribution in [0, 0.1) is 18.6 Å². The van der Waals surface area contributed by atoms with Gasteiger partial charge >= 0.3 is 0 Å². The van der Waals surface area contributed by atoms with Crippen molar-refractivity contribution in [3.63, 3.8) is 0 Å². The van der Waals surface area contributed by atoms with Crippen molar-refractivity contribution in [3.05, 3.63) is 64.1 Å². The quantitative estimate of drug-likeness (QED) is 0.662. The maximum Gasteiger partial charge on any atom is 0.137 e. The SMILES string of the molecule is Cc1nc(CS[C@H](C)[C@](O)(Cn2cncn2)c2ccc(F)cc2F)cs1. The van der Waals surface area contributed by atoms with Crippen LogP contribution in [-0.2, 0) is 17.9 Å². The summed E-state index contributed by atoms with van der Waals surface area (Å²) in [4.78, 5) is 8.27. The molecule has 0 unspecified atom stereocenters. The van der Waals surface area contributed by atoms with Crippen LogP contribution in [0.25, 0.3) is 0 Å². The number of thiazole rings is 1. The van der Waals surface area contributed by atoms with E-state index in [0.717, 1.165) is 22.8 Å². The van der Waals surface area contributed by atoms with Crippen LogP contribution in [0.4, 0.5) is 8.78 Å². The number of nitrogens with zero attached hydrogens (tertiary/aromatic N) is 4. The fourth-order valence-corrected chi connectivity index (χ4v) is 4.42. The molecular formula is C17H18F2N4OS2. The number of aromatic nitrogens is 4. The molecule has 5 nitrogen and oxygen atoms in total. The van der Waals surface area contributed by atoms with Crippen LogP contribution >= 0.6 is 23.1 Å². The van der Waals surface area contributed by atoms with Crippen molar-refractivity contribution in [2.45, 2.75) is 37.0 Å². The summed E-state index contributed by atoms with van der Waals surface area (Å²) in [5.41, 5.74) is -0.655. The van der Waals surface area contributed by atoms with E-state index in [1.165, 1.54) is 35.2 Å². The summed E-state index contributed by atoms with van der Waals surface area (Å²) in [6.45, 7) is 3.74. The Morgan fingerprint density at radius 2 is 2.19 bits per heavy atom. The van der Waals surface area contributed by atoms with Crippen LogP contribution < -0.4 is 0 Å². The van der Waals surface area contributed by atoms with Crippen LogP contribution in [0.15, 0.2) is 36.2 Å². The average molecular weight is 396 g/mol. The molecular weight excluding hydrogens is 378 g/mol. The highest BCUT2D eigenvalue weighted by atomic mass is 32.2. The summed E-state index contributed by atoms with van der Waals surface area (Å²) >= 11 is 3.01. The first-order valence-corrected chi connectivity index (χ1v) is 9.84. The third-order valence-corrected chi connectivity index (χ3v) is 6.26. The van der Waals surface area contributed by atoms with E-state index < -0.39 is 22.5 Å². The molecule has 138 valence electrons. The lowest BCUT2D eigenvalue weighted by molar-refractivity contribution is 0.0133. The van der Waals surface area contributed by atoms with Crippen molar-refractivity contribution in [1.29, 1.82) is 0 Å². The highest BCUT2D eigenvalue weighted by Crippen LogP contribution is 2.37. The standard InChI is InChI=1S/C17H18F2N4OS2/c1-11(25-6-14-7-26-12(2)22-14)17(24,8-23-10-20-9-21-23)15-4-3-13(18)5-16(15)19/h3-5,7,9-11,24H,6,8H2,1-2H3/t11-,17-/m1/s1. The molecule has 0 spiro atoms. The second-order valence-electron chi connectivity index (χ2n) is 5.95. The largest absolute Gasteiger partial charge is 0.382 e.